The molecule has 1 aromatic carbocycles. The van der Waals surface area contributed by atoms with Crippen molar-refractivity contribution in [2.45, 2.75) is 0 Å². The Bertz CT molecular complexity index is 591. The van der Waals surface area contributed by atoms with Crippen molar-refractivity contribution >= 4 is 23.7 Å². The van der Waals surface area contributed by atoms with E-state index in [1.165, 1.54) is 12.2 Å². The van der Waals surface area contributed by atoms with E-state index in [4.69, 9.17) is 5.26 Å². The highest BCUT2D eigenvalue weighted by Crippen LogP contribution is 1.91. The second-order valence-corrected chi connectivity index (χ2v) is 2.94. The molecule has 1 aliphatic carbocycles. The van der Waals surface area contributed by atoms with Crippen LogP contribution >= 0.6 is 0 Å². The minimum absolute atomic E-state index is 0.416. The zero-order chi connectivity index (χ0) is 10.1. The van der Waals surface area contributed by atoms with Gasteiger partial charge in [0.2, 0.25) is 11.6 Å². The Hall–Kier alpha value is -2.21. The summed E-state index contributed by atoms with van der Waals surface area (Å²) in [6.07, 6.45) is 2.48. The molecule has 0 radical (unpaired) electrons. The summed E-state index contributed by atoms with van der Waals surface area (Å²) in [4.78, 5) is 22.1. The quantitative estimate of drug-likeness (QED) is 0.498. The molecule has 1 aliphatic rings. The monoisotopic (exact) mass is 183 g/mol. The molecule has 3 nitrogen and oxygen atoms in total. The second kappa shape index (κ2) is 2.93. The number of hydrogen-bond donors (Lipinski definition) is 0. The van der Waals surface area contributed by atoms with Gasteiger partial charge in [-0.2, -0.15) is 5.26 Å². The molecule has 0 saturated heterocycles. The molecule has 0 unspecified atom stereocenters. The number of nitrogens with zero attached hydrogens (tertiary/aromatic N) is 1. The van der Waals surface area contributed by atoms with Gasteiger partial charge in [-0.15, -0.1) is 0 Å². The predicted molar refractivity (Wildman–Crippen MR) is 49.4 cm³/mol. The SMILES string of the molecule is N#Cc1cccc2c1=CC(=O)C(=O)C=2. The molecule has 14 heavy (non-hydrogen) atoms. The van der Waals surface area contributed by atoms with Crippen LogP contribution in [0.25, 0.3) is 12.2 Å². The fourth-order valence-corrected chi connectivity index (χ4v) is 1.38. The van der Waals surface area contributed by atoms with Crippen LogP contribution in [-0.2, 0) is 9.59 Å². The van der Waals surface area contributed by atoms with E-state index < -0.39 is 11.6 Å². The lowest BCUT2D eigenvalue weighted by Gasteiger charge is -1.99. The highest BCUT2D eigenvalue weighted by atomic mass is 16.2. The molecular formula is C11H5NO2. The molecule has 0 fully saturated rings. The summed E-state index contributed by atoms with van der Waals surface area (Å²) in [7, 11) is 0. The summed E-state index contributed by atoms with van der Waals surface area (Å²) in [6.45, 7) is 0. The van der Waals surface area contributed by atoms with Crippen molar-refractivity contribution in [2.24, 2.45) is 0 Å². The van der Waals surface area contributed by atoms with Crippen LogP contribution in [0.2, 0.25) is 0 Å². The minimum atomic E-state index is -0.569. The Morgan fingerprint density at radius 1 is 1.07 bits per heavy atom. The Balaban J connectivity index is 2.94. The number of fused-ring (bicyclic) bond motifs is 1. The summed E-state index contributed by atoms with van der Waals surface area (Å²) in [6, 6.07) is 6.98. The third-order valence-electron chi connectivity index (χ3n) is 2.07. The molecule has 0 aromatic heterocycles. The van der Waals surface area contributed by atoms with E-state index in [0.29, 0.717) is 16.0 Å². The van der Waals surface area contributed by atoms with Crippen molar-refractivity contribution in [2.75, 3.05) is 0 Å². The smallest absolute Gasteiger partial charge is 0.226 e. The van der Waals surface area contributed by atoms with E-state index in [-0.39, 0.29) is 0 Å². The van der Waals surface area contributed by atoms with Gasteiger partial charge in [0.05, 0.1) is 11.6 Å². The molecule has 1 aromatic rings. The highest BCUT2D eigenvalue weighted by Gasteiger charge is 2.12. The number of ketones is 2. The maximum Gasteiger partial charge on any atom is 0.226 e. The van der Waals surface area contributed by atoms with Gasteiger partial charge >= 0.3 is 0 Å². The molecule has 0 saturated carbocycles. The molecule has 3 heteroatoms. The zero-order valence-corrected chi connectivity index (χ0v) is 7.15. The molecule has 0 spiro atoms. The van der Waals surface area contributed by atoms with E-state index in [1.54, 1.807) is 18.2 Å². The number of hydrogen-bond acceptors (Lipinski definition) is 3. The van der Waals surface area contributed by atoms with Crippen LogP contribution in [0.5, 0.6) is 0 Å². The number of rotatable bonds is 0. The Morgan fingerprint density at radius 2 is 1.79 bits per heavy atom. The summed E-state index contributed by atoms with van der Waals surface area (Å²) in [5, 5.41) is 9.94. The molecule has 0 bridgehead atoms. The average Bonchev–Trinajstić information content (AvgIpc) is 2.19. The van der Waals surface area contributed by atoms with Crippen molar-refractivity contribution < 1.29 is 9.59 Å². The number of Topliss-reactive ketones (excluding diaryl/α,β-unsaturated/α-hetero) is 2. The van der Waals surface area contributed by atoms with Crippen molar-refractivity contribution in [1.29, 1.82) is 5.26 Å². The summed E-state index contributed by atoms with van der Waals surface area (Å²) in [5.41, 5.74) is 0.416. The summed E-state index contributed by atoms with van der Waals surface area (Å²) in [5.74, 6) is -1.10. The molecule has 0 aliphatic heterocycles. The van der Waals surface area contributed by atoms with Crippen LogP contribution in [-0.4, -0.2) is 11.6 Å². The van der Waals surface area contributed by atoms with Gasteiger partial charge in [-0.3, -0.25) is 9.59 Å². The molecule has 0 atom stereocenters. The minimum Gasteiger partial charge on any atom is -0.286 e. The van der Waals surface area contributed by atoms with Gasteiger partial charge in [0.1, 0.15) is 0 Å². The van der Waals surface area contributed by atoms with Crippen LogP contribution < -0.4 is 10.4 Å². The Kier molecular flexibility index (Phi) is 1.76. The predicted octanol–water partition coefficient (Wildman–Crippen LogP) is -0.729. The van der Waals surface area contributed by atoms with Gasteiger partial charge in [0.15, 0.2) is 0 Å². The molecule has 0 heterocycles. The van der Waals surface area contributed by atoms with Crippen LogP contribution in [0.1, 0.15) is 5.56 Å². The lowest BCUT2D eigenvalue weighted by Crippen LogP contribution is -2.35. The number of carbonyl (C=O) groups excluding carboxylic acids is 2. The molecular weight excluding hydrogens is 178 g/mol. The van der Waals surface area contributed by atoms with Crippen LogP contribution in [0.3, 0.4) is 0 Å². The fourth-order valence-electron chi connectivity index (χ4n) is 1.38. The van der Waals surface area contributed by atoms with E-state index in [0.717, 1.165) is 0 Å². The van der Waals surface area contributed by atoms with Crippen molar-refractivity contribution in [3.05, 3.63) is 34.2 Å². The standard InChI is InChI=1S/C11H5NO2/c12-6-8-3-1-2-7-4-10(13)11(14)5-9(7)8/h1-5H. The first-order valence-corrected chi connectivity index (χ1v) is 4.03. The Morgan fingerprint density at radius 3 is 2.50 bits per heavy atom. The van der Waals surface area contributed by atoms with Crippen LogP contribution in [0.15, 0.2) is 18.2 Å². The van der Waals surface area contributed by atoms with Crippen LogP contribution in [0, 0.1) is 11.3 Å². The van der Waals surface area contributed by atoms with Gasteiger partial charge in [0, 0.05) is 5.22 Å². The second-order valence-electron chi connectivity index (χ2n) is 2.94. The first kappa shape index (κ1) is 8.39. The van der Waals surface area contributed by atoms with Crippen molar-refractivity contribution in [3.8, 4) is 6.07 Å². The normalized spacial score (nSPS) is 13.6. The van der Waals surface area contributed by atoms with E-state index in [2.05, 4.69) is 0 Å². The third kappa shape index (κ3) is 1.14. The number of carbonyl (C=O) groups is 2. The van der Waals surface area contributed by atoms with E-state index in [1.807, 2.05) is 6.07 Å². The van der Waals surface area contributed by atoms with Crippen molar-refractivity contribution in [1.82, 2.24) is 0 Å². The number of nitriles is 1. The lowest BCUT2D eigenvalue weighted by atomic mass is 10.0. The molecule has 66 valence electrons. The lowest BCUT2D eigenvalue weighted by molar-refractivity contribution is -0.129. The maximum absolute atomic E-state index is 11.1. The van der Waals surface area contributed by atoms with Gasteiger partial charge in [-0.25, -0.2) is 0 Å². The van der Waals surface area contributed by atoms with Crippen LogP contribution in [0.4, 0.5) is 0 Å². The van der Waals surface area contributed by atoms with E-state index in [9.17, 15) is 9.59 Å². The topological polar surface area (TPSA) is 57.9 Å². The van der Waals surface area contributed by atoms with Gasteiger partial charge in [-0.1, -0.05) is 12.1 Å². The third-order valence-corrected chi connectivity index (χ3v) is 2.07. The summed E-state index contributed by atoms with van der Waals surface area (Å²) >= 11 is 0. The fraction of sp³-hybridized carbons (Fsp3) is 0. The largest absolute Gasteiger partial charge is 0.286 e. The van der Waals surface area contributed by atoms with Gasteiger partial charge in [0.25, 0.3) is 0 Å². The van der Waals surface area contributed by atoms with E-state index >= 15 is 0 Å². The first-order valence-electron chi connectivity index (χ1n) is 4.03. The maximum atomic E-state index is 11.1. The average molecular weight is 183 g/mol. The summed E-state index contributed by atoms with van der Waals surface area (Å²) < 4.78 is 0. The van der Waals surface area contributed by atoms with Gasteiger partial charge < -0.3 is 0 Å². The van der Waals surface area contributed by atoms with Crippen molar-refractivity contribution in [3.63, 3.8) is 0 Å². The number of benzene rings is 1. The highest BCUT2D eigenvalue weighted by molar-refractivity contribution is 6.57. The first-order chi connectivity index (χ1) is 6.72. The molecule has 0 amide bonds. The Labute approximate surface area is 79.6 Å². The molecule has 0 N–H and O–H groups in total. The zero-order valence-electron chi connectivity index (χ0n) is 7.15. The van der Waals surface area contributed by atoms with Gasteiger partial charge in [-0.05, 0) is 23.4 Å². The molecule has 2 rings (SSSR count).